The van der Waals surface area contributed by atoms with Gasteiger partial charge in [-0.15, -0.1) is 0 Å². The molecule has 3 rings (SSSR count). The van der Waals surface area contributed by atoms with Gasteiger partial charge in [0.15, 0.2) is 0 Å². The van der Waals surface area contributed by atoms with E-state index in [0.717, 1.165) is 17.5 Å². The van der Waals surface area contributed by atoms with Crippen LogP contribution in [-0.4, -0.2) is 26.8 Å². The number of amides is 2. The van der Waals surface area contributed by atoms with Gasteiger partial charge in [-0.05, 0) is 29.3 Å². The number of nitrogens with one attached hydrogen (secondary N) is 2. The lowest BCUT2D eigenvalue weighted by Gasteiger charge is -2.07. The van der Waals surface area contributed by atoms with Gasteiger partial charge in [0, 0.05) is 31.5 Å². The van der Waals surface area contributed by atoms with Crippen molar-refractivity contribution >= 4 is 11.8 Å². The number of hydrogen-bond acceptors (Lipinski definition) is 5. The molecule has 2 N–H and O–H groups in total. The van der Waals surface area contributed by atoms with Crippen LogP contribution in [0.15, 0.2) is 61.2 Å². The third-order valence-electron chi connectivity index (χ3n) is 3.67. The third-order valence-corrected chi connectivity index (χ3v) is 3.67. The topological polar surface area (TPSA) is 96.9 Å². The van der Waals surface area contributed by atoms with Crippen molar-refractivity contribution in [3.63, 3.8) is 0 Å². The van der Waals surface area contributed by atoms with Gasteiger partial charge in [0.25, 0.3) is 11.8 Å². The average Bonchev–Trinajstić information content (AvgIpc) is 2.72. The largest absolute Gasteiger partial charge is 0.347 e. The Labute approximate surface area is 154 Å². The van der Waals surface area contributed by atoms with Crippen LogP contribution in [0.1, 0.15) is 32.1 Å². The number of carbonyl (C=O) groups is 2. The first-order valence-electron chi connectivity index (χ1n) is 8.13. The molecule has 0 fully saturated rings. The van der Waals surface area contributed by atoms with Crippen molar-refractivity contribution in [2.45, 2.75) is 13.1 Å². The maximum absolute atomic E-state index is 12.9. The molecule has 0 radical (unpaired) electrons. The second-order valence-corrected chi connectivity index (χ2v) is 5.64. The maximum Gasteiger partial charge on any atom is 0.270 e. The number of rotatable bonds is 6. The Balaban J connectivity index is 1.59. The molecular formula is C19H16FN5O2. The summed E-state index contributed by atoms with van der Waals surface area (Å²) in [4.78, 5) is 36.2. The lowest BCUT2D eigenvalue weighted by Crippen LogP contribution is -2.27. The summed E-state index contributed by atoms with van der Waals surface area (Å²) in [6.07, 6.45) is 4.45. The third kappa shape index (κ3) is 5.15. The molecule has 0 atom stereocenters. The maximum atomic E-state index is 12.9. The summed E-state index contributed by atoms with van der Waals surface area (Å²) in [6.45, 7) is 0.508. The van der Waals surface area contributed by atoms with Gasteiger partial charge in [-0.2, -0.15) is 0 Å². The first kappa shape index (κ1) is 18.1. The monoisotopic (exact) mass is 365 g/mol. The van der Waals surface area contributed by atoms with Gasteiger partial charge >= 0.3 is 0 Å². The molecule has 8 heteroatoms. The van der Waals surface area contributed by atoms with Crippen LogP contribution in [0.2, 0.25) is 0 Å². The van der Waals surface area contributed by atoms with E-state index in [1.54, 1.807) is 30.6 Å². The number of hydrogen-bond donors (Lipinski definition) is 2. The highest BCUT2D eigenvalue weighted by atomic mass is 19.1. The van der Waals surface area contributed by atoms with E-state index in [1.807, 2.05) is 6.07 Å². The lowest BCUT2D eigenvalue weighted by atomic mass is 10.2. The van der Waals surface area contributed by atoms with Gasteiger partial charge < -0.3 is 10.6 Å². The molecule has 0 saturated heterocycles. The minimum absolute atomic E-state index is 0.0682. The van der Waals surface area contributed by atoms with Gasteiger partial charge in [-0.1, -0.05) is 18.2 Å². The van der Waals surface area contributed by atoms with Crippen molar-refractivity contribution in [2.24, 2.45) is 0 Å². The quantitative estimate of drug-likeness (QED) is 0.695. The molecular weight excluding hydrogens is 349 g/mol. The summed E-state index contributed by atoms with van der Waals surface area (Å²) in [5, 5.41) is 5.38. The van der Waals surface area contributed by atoms with Crippen molar-refractivity contribution in [1.29, 1.82) is 0 Å². The minimum Gasteiger partial charge on any atom is -0.347 e. The fraction of sp³-hybridized carbons (Fsp3) is 0.105. The zero-order valence-corrected chi connectivity index (χ0v) is 14.2. The van der Waals surface area contributed by atoms with E-state index in [4.69, 9.17) is 0 Å². The normalized spacial score (nSPS) is 10.3. The molecule has 2 amide bonds. The summed E-state index contributed by atoms with van der Waals surface area (Å²) >= 11 is 0. The van der Waals surface area contributed by atoms with Crippen LogP contribution in [0.4, 0.5) is 4.39 Å². The van der Waals surface area contributed by atoms with Crippen molar-refractivity contribution < 1.29 is 14.0 Å². The first-order valence-corrected chi connectivity index (χ1v) is 8.13. The number of benzene rings is 1. The molecule has 0 aliphatic rings. The molecule has 0 bridgehead atoms. The van der Waals surface area contributed by atoms with E-state index < -0.39 is 11.8 Å². The van der Waals surface area contributed by atoms with E-state index in [1.165, 1.54) is 18.2 Å². The summed E-state index contributed by atoms with van der Waals surface area (Å²) in [5.41, 5.74) is 1.74. The number of pyridine rings is 1. The van der Waals surface area contributed by atoms with Crippen molar-refractivity contribution in [2.75, 3.05) is 0 Å². The molecule has 0 aliphatic heterocycles. The Hall–Kier alpha value is -3.68. The van der Waals surface area contributed by atoms with E-state index in [2.05, 4.69) is 25.6 Å². The van der Waals surface area contributed by atoms with Crippen molar-refractivity contribution in [3.05, 3.63) is 89.5 Å². The Morgan fingerprint density at radius 1 is 0.889 bits per heavy atom. The van der Waals surface area contributed by atoms with Crippen LogP contribution in [0, 0.1) is 5.82 Å². The number of aromatic nitrogens is 3. The van der Waals surface area contributed by atoms with Crippen molar-refractivity contribution in [1.82, 2.24) is 25.6 Å². The number of halogens is 1. The Kier molecular flexibility index (Phi) is 5.78. The molecule has 2 aromatic heterocycles. The van der Waals surface area contributed by atoms with Crippen LogP contribution in [0.5, 0.6) is 0 Å². The highest BCUT2D eigenvalue weighted by Gasteiger charge is 2.13. The Morgan fingerprint density at radius 2 is 1.52 bits per heavy atom. The minimum atomic E-state index is -0.456. The van der Waals surface area contributed by atoms with E-state index in [9.17, 15) is 14.0 Å². The fourth-order valence-electron chi connectivity index (χ4n) is 2.26. The second kappa shape index (κ2) is 8.61. The smallest absolute Gasteiger partial charge is 0.270 e. The van der Waals surface area contributed by atoms with Gasteiger partial charge in [0.2, 0.25) is 0 Å². The Morgan fingerprint density at radius 3 is 2.11 bits per heavy atom. The van der Waals surface area contributed by atoms with Crippen molar-refractivity contribution in [3.8, 4) is 0 Å². The standard InChI is InChI=1S/C19H16FN5O2/c20-15-5-3-13(4-6-15)10-22-18(26)16-8-17(25-12-24-16)19(27)23-11-14-2-1-7-21-9-14/h1-9,12H,10-11H2,(H,22,26)(H,23,27). The lowest BCUT2D eigenvalue weighted by molar-refractivity contribution is 0.0944. The van der Waals surface area contributed by atoms with Crippen LogP contribution < -0.4 is 10.6 Å². The molecule has 0 spiro atoms. The SMILES string of the molecule is O=C(NCc1ccc(F)cc1)c1cc(C(=O)NCc2cccnc2)ncn1. The molecule has 3 aromatic rings. The molecule has 1 aromatic carbocycles. The Bertz CT molecular complexity index is 932. The molecule has 0 unspecified atom stereocenters. The highest BCUT2D eigenvalue weighted by Crippen LogP contribution is 2.04. The zero-order valence-electron chi connectivity index (χ0n) is 14.2. The molecule has 27 heavy (non-hydrogen) atoms. The van der Waals surface area contributed by atoms with Crippen LogP contribution in [-0.2, 0) is 13.1 Å². The predicted octanol–water partition coefficient (Wildman–Crippen LogP) is 1.87. The average molecular weight is 365 g/mol. The van der Waals surface area contributed by atoms with Crippen LogP contribution >= 0.6 is 0 Å². The highest BCUT2D eigenvalue weighted by molar-refractivity contribution is 5.97. The van der Waals surface area contributed by atoms with Gasteiger partial charge in [-0.3, -0.25) is 14.6 Å². The summed E-state index contributed by atoms with van der Waals surface area (Å²) in [6, 6.07) is 10.7. The molecule has 0 saturated carbocycles. The summed E-state index contributed by atoms with van der Waals surface area (Å²) < 4.78 is 12.9. The number of nitrogens with zero attached hydrogens (tertiary/aromatic N) is 3. The van der Waals surface area contributed by atoms with Gasteiger partial charge in [0.1, 0.15) is 23.5 Å². The van der Waals surface area contributed by atoms with Gasteiger partial charge in [0.05, 0.1) is 0 Å². The van der Waals surface area contributed by atoms with E-state index >= 15 is 0 Å². The summed E-state index contributed by atoms with van der Waals surface area (Å²) in [7, 11) is 0. The fourth-order valence-corrected chi connectivity index (χ4v) is 2.26. The zero-order chi connectivity index (χ0) is 19.1. The molecule has 7 nitrogen and oxygen atoms in total. The van der Waals surface area contributed by atoms with Crippen LogP contribution in [0.3, 0.4) is 0 Å². The van der Waals surface area contributed by atoms with Crippen LogP contribution in [0.25, 0.3) is 0 Å². The van der Waals surface area contributed by atoms with Gasteiger partial charge in [-0.25, -0.2) is 14.4 Å². The van der Waals surface area contributed by atoms with E-state index in [-0.39, 0.29) is 23.7 Å². The predicted molar refractivity (Wildman–Crippen MR) is 95.0 cm³/mol. The molecule has 2 heterocycles. The molecule has 136 valence electrons. The van der Waals surface area contributed by atoms with E-state index in [0.29, 0.717) is 6.54 Å². The second-order valence-electron chi connectivity index (χ2n) is 5.64. The first-order chi connectivity index (χ1) is 13.1. The summed E-state index contributed by atoms with van der Waals surface area (Å²) in [5.74, 6) is -1.22. The number of carbonyl (C=O) groups excluding carboxylic acids is 2. The molecule has 0 aliphatic carbocycles.